The molecule has 0 aromatic heterocycles. The summed E-state index contributed by atoms with van der Waals surface area (Å²) in [5.41, 5.74) is 0.774. The molecule has 11 heteroatoms. The van der Waals surface area contributed by atoms with Gasteiger partial charge < -0.3 is 15.2 Å². The number of ether oxygens (including phenoxy) is 1. The van der Waals surface area contributed by atoms with E-state index in [9.17, 15) is 22.7 Å². The minimum absolute atomic E-state index is 0.0221. The van der Waals surface area contributed by atoms with Crippen LogP contribution in [0.25, 0.3) is 0 Å². The van der Waals surface area contributed by atoms with Crippen LogP contribution in [0.3, 0.4) is 0 Å². The van der Waals surface area contributed by atoms with Crippen LogP contribution in [0.5, 0.6) is 0 Å². The second-order valence-corrected chi connectivity index (χ2v) is 9.64. The van der Waals surface area contributed by atoms with E-state index in [0.29, 0.717) is 10.0 Å². The predicted molar refractivity (Wildman–Crippen MR) is 118 cm³/mol. The van der Waals surface area contributed by atoms with Gasteiger partial charge >= 0.3 is 0 Å². The molecule has 0 saturated heterocycles. The van der Waals surface area contributed by atoms with Crippen LogP contribution < -0.4 is 10.0 Å². The minimum atomic E-state index is -3.96. The summed E-state index contributed by atoms with van der Waals surface area (Å²) in [6, 6.07) is 8.53. The van der Waals surface area contributed by atoms with Gasteiger partial charge in [0.05, 0.1) is 40.1 Å². The number of hydrogen-bond donors (Lipinski definition) is 3. The first-order valence-corrected chi connectivity index (χ1v) is 11.8. The highest BCUT2D eigenvalue weighted by molar-refractivity contribution is 7.89. The van der Waals surface area contributed by atoms with E-state index in [1.807, 2.05) is 0 Å². The van der Waals surface area contributed by atoms with Crippen molar-refractivity contribution in [2.45, 2.75) is 36.1 Å². The summed E-state index contributed by atoms with van der Waals surface area (Å²) < 4.78 is 46.2. The van der Waals surface area contributed by atoms with Gasteiger partial charge in [-0.25, -0.2) is 17.5 Å². The Kier molecular flexibility index (Phi) is 8.26. The zero-order chi connectivity index (χ0) is 23.3. The Labute approximate surface area is 195 Å². The highest BCUT2D eigenvalue weighted by Gasteiger charge is 2.31. The molecule has 1 amide bonds. The second kappa shape index (κ2) is 10.7. The van der Waals surface area contributed by atoms with Crippen molar-refractivity contribution in [2.24, 2.45) is 0 Å². The summed E-state index contributed by atoms with van der Waals surface area (Å²) in [5, 5.41) is 13.2. The van der Waals surface area contributed by atoms with Crippen LogP contribution in [0, 0.1) is 5.82 Å². The van der Waals surface area contributed by atoms with Crippen molar-refractivity contribution in [3.05, 3.63) is 76.0 Å². The molecular formula is C21H21Cl2FN2O5S. The Morgan fingerprint density at radius 2 is 1.81 bits per heavy atom. The Morgan fingerprint density at radius 3 is 2.47 bits per heavy atom. The largest absolute Gasteiger partial charge is 0.394 e. The van der Waals surface area contributed by atoms with Crippen molar-refractivity contribution in [1.82, 2.24) is 10.0 Å². The van der Waals surface area contributed by atoms with Gasteiger partial charge in [0, 0.05) is 6.54 Å². The van der Waals surface area contributed by atoms with Gasteiger partial charge in [-0.2, -0.15) is 0 Å². The van der Waals surface area contributed by atoms with Gasteiger partial charge in [-0.05, 0) is 42.0 Å². The van der Waals surface area contributed by atoms with Crippen LogP contribution in [0.1, 0.15) is 12.0 Å². The third-order valence-electron chi connectivity index (χ3n) is 4.74. The van der Waals surface area contributed by atoms with E-state index in [2.05, 4.69) is 10.0 Å². The second-order valence-electron chi connectivity index (χ2n) is 7.11. The Morgan fingerprint density at radius 1 is 1.09 bits per heavy atom. The third-order valence-corrected chi connectivity index (χ3v) is 6.95. The molecule has 3 N–H and O–H groups in total. The fourth-order valence-electron chi connectivity index (χ4n) is 3.08. The number of halogens is 3. The standard InChI is InChI=1S/C21H21Cl2FN2O5S/c22-17-7-1-13(9-18(17)23)11-25-21(28)10-15-4-8-19(20(12-27)31-15)26-32(29,30)16-5-2-14(24)3-6-16/h1-9,15,19-20,26-27H,10-12H2,(H,25,28)/t15-,19+,20-/m0/s1. The molecule has 0 aliphatic carbocycles. The van der Waals surface area contributed by atoms with Crippen molar-refractivity contribution < 1.29 is 27.4 Å². The lowest BCUT2D eigenvalue weighted by atomic mass is 10.1. The lowest BCUT2D eigenvalue weighted by Crippen LogP contribution is -2.49. The first-order chi connectivity index (χ1) is 15.2. The molecule has 0 radical (unpaired) electrons. The third kappa shape index (κ3) is 6.50. The summed E-state index contributed by atoms with van der Waals surface area (Å²) in [7, 11) is -3.96. The summed E-state index contributed by atoms with van der Waals surface area (Å²) in [6.45, 7) is -0.224. The molecule has 3 atom stereocenters. The number of carbonyl (C=O) groups excluding carboxylic acids is 1. The molecule has 0 spiro atoms. The van der Waals surface area contributed by atoms with E-state index in [1.165, 1.54) is 6.08 Å². The molecule has 0 unspecified atom stereocenters. The molecular weight excluding hydrogens is 482 g/mol. The monoisotopic (exact) mass is 502 g/mol. The van der Waals surface area contributed by atoms with Crippen LogP contribution >= 0.6 is 23.2 Å². The van der Waals surface area contributed by atoms with Crippen LogP contribution in [0.4, 0.5) is 4.39 Å². The van der Waals surface area contributed by atoms with Gasteiger partial charge in [0.1, 0.15) is 11.9 Å². The van der Waals surface area contributed by atoms with Crippen LogP contribution in [0.15, 0.2) is 59.5 Å². The summed E-state index contributed by atoms with van der Waals surface area (Å²) >= 11 is 11.8. The van der Waals surface area contributed by atoms with Crippen molar-refractivity contribution in [3.8, 4) is 0 Å². The Balaban J connectivity index is 1.57. The van der Waals surface area contributed by atoms with Crippen LogP contribution in [-0.4, -0.2) is 44.3 Å². The molecule has 32 heavy (non-hydrogen) atoms. The van der Waals surface area contributed by atoms with Crippen molar-refractivity contribution in [3.63, 3.8) is 0 Å². The number of rotatable bonds is 8. The SMILES string of the molecule is O=C(C[C@@H]1C=C[C@@H](NS(=O)(=O)c2ccc(F)cc2)[C@H](CO)O1)NCc1ccc(Cl)c(Cl)c1. The fourth-order valence-corrected chi connectivity index (χ4v) is 4.62. The van der Waals surface area contributed by atoms with Crippen molar-refractivity contribution >= 4 is 39.1 Å². The molecule has 0 saturated carbocycles. The number of aliphatic hydroxyl groups is 1. The van der Waals surface area contributed by atoms with Gasteiger partial charge in [-0.15, -0.1) is 0 Å². The number of carbonyl (C=O) groups is 1. The molecule has 3 rings (SSSR count). The van der Waals surface area contributed by atoms with E-state index in [0.717, 1.165) is 29.8 Å². The maximum Gasteiger partial charge on any atom is 0.241 e. The molecule has 172 valence electrons. The number of hydrogen-bond acceptors (Lipinski definition) is 5. The molecule has 2 aromatic carbocycles. The molecule has 1 aliphatic rings. The number of nitrogens with one attached hydrogen (secondary N) is 2. The summed E-state index contributed by atoms with van der Waals surface area (Å²) in [5.74, 6) is -0.855. The average molecular weight is 503 g/mol. The predicted octanol–water partition coefficient (Wildman–Crippen LogP) is 2.80. The highest BCUT2D eigenvalue weighted by Crippen LogP contribution is 2.23. The molecule has 7 nitrogen and oxygen atoms in total. The minimum Gasteiger partial charge on any atom is -0.394 e. The zero-order valence-corrected chi connectivity index (χ0v) is 19.0. The zero-order valence-electron chi connectivity index (χ0n) is 16.7. The first-order valence-electron chi connectivity index (χ1n) is 9.61. The van der Waals surface area contributed by atoms with E-state index >= 15 is 0 Å². The maximum absolute atomic E-state index is 13.1. The number of amides is 1. The van der Waals surface area contributed by atoms with E-state index in [4.69, 9.17) is 27.9 Å². The molecule has 1 aliphatic heterocycles. The quantitative estimate of drug-likeness (QED) is 0.481. The average Bonchev–Trinajstić information content (AvgIpc) is 2.75. The lowest BCUT2D eigenvalue weighted by molar-refractivity contribution is -0.125. The first kappa shape index (κ1) is 24.6. The van der Waals surface area contributed by atoms with E-state index < -0.39 is 40.7 Å². The Hall–Kier alpha value is -2.01. The van der Waals surface area contributed by atoms with Crippen molar-refractivity contribution in [2.75, 3.05) is 6.61 Å². The van der Waals surface area contributed by atoms with E-state index in [-0.39, 0.29) is 23.8 Å². The van der Waals surface area contributed by atoms with Crippen LogP contribution in [0.2, 0.25) is 10.0 Å². The lowest BCUT2D eigenvalue weighted by Gasteiger charge is -2.31. The molecule has 0 bridgehead atoms. The maximum atomic E-state index is 13.1. The van der Waals surface area contributed by atoms with Gasteiger partial charge in [-0.3, -0.25) is 4.79 Å². The normalized spacial score (nSPS) is 20.8. The molecule has 0 fully saturated rings. The summed E-state index contributed by atoms with van der Waals surface area (Å²) in [6.07, 6.45) is 1.52. The number of benzene rings is 2. The van der Waals surface area contributed by atoms with Gasteiger partial charge in [-0.1, -0.05) is 41.4 Å². The van der Waals surface area contributed by atoms with Crippen molar-refractivity contribution in [1.29, 1.82) is 0 Å². The van der Waals surface area contributed by atoms with Gasteiger partial charge in [0.25, 0.3) is 0 Å². The van der Waals surface area contributed by atoms with Crippen LogP contribution in [-0.2, 0) is 26.1 Å². The topological polar surface area (TPSA) is 105 Å². The number of sulfonamides is 1. The van der Waals surface area contributed by atoms with Gasteiger partial charge in [0.15, 0.2) is 0 Å². The molecule has 2 aromatic rings. The number of aliphatic hydroxyl groups excluding tert-OH is 1. The Bertz CT molecular complexity index is 1100. The van der Waals surface area contributed by atoms with E-state index in [1.54, 1.807) is 24.3 Å². The smallest absolute Gasteiger partial charge is 0.241 e. The fraction of sp³-hybridized carbons (Fsp3) is 0.286. The summed E-state index contributed by atoms with van der Waals surface area (Å²) in [4.78, 5) is 12.1. The van der Waals surface area contributed by atoms with Gasteiger partial charge in [0.2, 0.25) is 15.9 Å². The highest BCUT2D eigenvalue weighted by atomic mass is 35.5. The molecule has 1 heterocycles.